The molecule has 1 aliphatic rings. The number of rotatable bonds is 5. The highest BCUT2D eigenvalue weighted by Crippen LogP contribution is 2.17. The number of anilines is 1. The van der Waals surface area contributed by atoms with Crippen molar-refractivity contribution in [3.8, 4) is 5.75 Å². The van der Waals surface area contributed by atoms with Gasteiger partial charge in [0.1, 0.15) is 18.2 Å². The molecule has 3 rings (SSSR count). The van der Waals surface area contributed by atoms with Crippen LogP contribution in [-0.2, 0) is 11.4 Å². The van der Waals surface area contributed by atoms with Crippen LogP contribution in [0.25, 0.3) is 0 Å². The summed E-state index contributed by atoms with van der Waals surface area (Å²) in [6, 6.07) is 13.4. The van der Waals surface area contributed by atoms with E-state index < -0.39 is 0 Å². The number of hydrogen-bond donors (Lipinski definition) is 2. The van der Waals surface area contributed by atoms with E-state index in [-0.39, 0.29) is 17.8 Å². The first-order valence-electron chi connectivity index (χ1n) is 8.22. The molecule has 1 saturated heterocycles. The summed E-state index contributed by atoms with van der Waals surface area (Å²) in [6.07, 6.45) is 3.07. The number of nitrogens with one attached hydrogen (secondary N) is 2. The number of carbonyl (C=O) groups is 1. The van der Waals surface area contributed by atoms with Crippen LogP contribution in [0.1, 0.15) is 24.8 Å². The summed E-state index contributed by atoms with van der Waals surface area (Å²) in [5, 5.41) is 6.18. The third kappa shape index (κ3) is 4.55. The van der Waals surface area contributed by atoms with Gasteiger partial charge in [-0.1, -0.05) is 24.6 Å². The van der Waals surface area contributed by atoms with E-state index in [1.807, 2.05) is 24.3 Å². The molecule has 1 aliphatic heterocycles. The van der Waals surface area contributed by atoms with Crippen LogP contribution < -0.4 is 15.4 Å². The fourth-order valence-corrected chi connectivity index (χ4v) is 2.77. The Morgan fingerprint density at radius 3 is 2.88 bits per heavy atom. The van der Waals surface area contributed by atoms with Gasteiger partial charge in [-0.15, -0.1) is 0 Å². The SMILES string of the molecule is O=C(Nc1cccc(COc2cccc(F)c2)c1)C1CCCCN1. The zero-order valence-corrected chi connectivity index (χ0v) is 13.4. The van der Waals surface area contributed by atoms with Gasteiger partial charge in [-0.2, -0.15) is 0 Å². The summed E-state index contributed by atoms with van der Waals surface area (Å²) in [6.45, 7) is 1.20. The van der Waals surface area contributed by atoms with E-state index in [0.717, 1.165) is 37.1 Å². The fourth-order valence-electron chi connectivity index (χ4n) is 2.77. The normalized spacial score (nSPS) is 17.3. The molecule has 0 spiro atoms. The van der Waals surface area contributed by atoms with Crippen LogP contribution in [0.5, 0.6) is 5.75 Å². The van der Waals surface area contributed by atoms with Gasteiger partial charge in [0.25, 0.3) is 0 Å². The first-order chi connectivity index (χ1) is 11.7. The molecule has 4 nitrogen and oxygen atoms in total. The third-order valence-electron chi connectivity index (χ3n) is 4.02. The molecule has 5 heteroatoms. The molecular weight excluding hydrogens is 307 g/mol. The highest BCUT2D eigenvalue weighted by molar-refractivity contribution is 5.94. The van der Waals surface area contributed by atoms with Crippen LogP contribution in [0, 0.1) is 5.82 Å². The van der Waals surface area contributed by atoms with Gasteiger partial charge in [-0.05, 0) is 49.2 Å². The third-order valence-corrected chi connectivity index (χ3v) is 4.02. The Kier molecular flexibility index (Phi) is 5.43. The Hall–Kier alpha value is -2.40. The Morgan fingerprint density at radius 2 is 2.08 bits per heavy atom. The number of hydrogen-bond acceptors (Lipinski definition) is 3. The van der Waals surface area contributed by atoms with Crippen LogP contribution in [0.3, 0.4) is 0 Å². The lowest BCUT2D eigenvalue weighted by atomic mass is 10.0. The van der Waals surface area contributed by atoms with Gasteiger partial charge in [-0.3, -0.25) is 4.79 Å². The summed E-state index contributed by atoms with van der Waals surface area (Å²) in [7, 11) is 0. The van der Waals surface area contributed by atoms with E-state index in [1.165, 1.54) is 12.1 Å². The smallest absolute Gasteiger partial charge is 0.241 e. The second kappa shape index (κ2) is 7.93. The highest BCUT2D eigenvalue weighted by Gasteiger charge is 2.20. The zero-order valence-electron chi connectivity index (χ0n) is 13.4. The summed E-state index contributed by atoms with van der Waals surface area (Å²) in [4.78, 5) is 12.2. The van der Waals surface area contributed by atoms with E-state index in [0.29, 0.717) is 12.4 Å². The molecule has 0 aromatic heterocycles. The van der Waals surface area contributed by atoms with Gasteiger partial charge in [0, 0.05) is 11.8 Å². The second-order valence-electron chi connectivity index (χ2n) is 5.94. The van der Waals surface area contributed by atoms with E-state index in [2.05, 4.69) is 10.6 Å². The first kappa shape index (κ1) is 16.5. The molecule has 1 fully saturated rings. The minimum atomic E-state index is -0.325. The first-order valence-corrected chi connectivity index (χ1v) is 8.22. The number of benzene rings is 2. The van der Waals surface area contributed by atoms with E-state index in [4.69, 9.17) is 4.74 Å². The number of piperidine rings is 1. The van der Waals surface area contributed by atoms with Crippen molar-refractivity contribution in [1.82, 2.24) is 5.32 Å². The molecule has 2 N–H and O–H groups in total. The zero-order chi connectivity index (χ0) is 16.8. The Bertz CT molecular complexity index is 699. The molecular formula is C19H21FN2O2. The number of carbonyl (C=O) groups excluding carboxylic acids is 1. The van der Waals surface area contributed by atoms with Crippen LogP contribution in [0.4, 0.5) is 10.1 Å². The summed E-state index contributed by atoms with van der Waals surface area (Å²) >= 11 is 0. The second-order valence-corrected chi connectivity index (χ2v) is 5.94. The lowest BCUT2D eigenvalue weighted by molar-refractivity contribution is -0.118. The summed E-state index contributed by atoms with van der Waals surface area (Å²) in [5.41, 5.74) is 1.65. The average molecular weight is 328 g/mol. The highest BCUT2D eigenvalue weighted by atomic mass is 19.1. The van der Waals surface area contributed by atoms with Crippen molar-refractivity contribution in [2.24, 2.45) is 0 Å². The lowest BCUT2D eigenvalue weighted by Crippen LogP contribution is -2.43. The molecule has 2 aromatic rings. The molecule has 0 bridgehead atoms. The summed E-state index contributed by atoms with van der Waals surface area (Å²) in [5.74, 6) is 0.155. The maximum Gasteiger partial charge on any atom is 0.241 e. The summed E-state index contributed by atoms with van der Waals surface area (Å²) < 4.78 is 18.7. The molecule has 1 unspecified atom stereocenters. The number of ether oxygens (including phenoxy) is 1. The van der Waals surface area contributed by atoms with Crippen LogP contribution >= 0.6 is 0 Å². The monoisotopic (exact) mass is 328 g/mol. The standard InChI is InChI=1S/C19H21FN2O2/c20-15-6-4-8-17(12-15)24-13-14-5-3-7-16(11-14)22-19(23)18-9-1-2-10-21-18/h3-8,11-12,18,21H,1-2,9-10,13H2,(H,22,23). The van der Waals surface area contributed by atoms with Crippen LogP contribution in [-0.4, -0.2) is 18.5 Å². The van der Waals surface area contributed by atoms with E-state index in [9.17, 15) is 9.18 Å². The van der Waals surface area contributed by atoms with Crippen molar-refractivity contribution >= 4 is 11.6 Å². The maximum atomic E-state index is 13.1. The van der Waals surface area contributed by atoms with Gasteiger partial charge in [-0.25, -0.2) is 4.39 Å². The van der Waals surface area contributed by atoms with Gasteiger partial charge < -0.3 is 15.4 Å². The predicted octanol–water partition coefficient (Wildman–Crippen LogP) is 3.49. The molecule has 0 aliphatic carbocycles. The van der Waals surface area contributed by atoms with Gasteiger partial charge in [0.2, 0.25) is 5.91 Å². The van der Waals surface area contributed by atoms with Crippen molar-refractivity contribution in [1.29, 1.82) is 0 Å². The molecule has 126 valence electrons. The lowest BCUT2D eigenvalue weighted by Gasteiger charge is -2.22. The van der Waals surface area contributed by atoms with Crippen LogP contribution in [0.15, 0.2) is 48.5 Å². The van der Waals surface area contributed by atoms with Crippen molar-refractivity contribution in [3.05, 3.63) is 59.9 Å². The fraction of sp³-hybridized carbons (Fsp3) is 0.316. The predicted molar refractivity (Wildman–Crippen MR) is 91.4 cm³/mol. The van der Waals surface area contributed by atoms with Crippen molar-refractivity contribution in [2.45, 2.75) is 31.9 Å². The Morgan fingerprint density at radius 1 is 1.21 bits per heavy atom. The minimum Gasteiger partial charge on any atom is -0.489 e. The molecule has 1 atom stereocenters. The van der Waals surface area contributed by atoms with E-state index in [1.54, 1.807) is 12.1 Å². The topological polar surface area (TPSA) is 50.4 Å². The molecule has 0 saturated carbocycles. The number of halogens is 1. The Balaban J connectivity index is 1.58. The van der Waals surface area contributed by atoms with Crippen molar-refractivity contribution in [2.75, 3.05) is 11.9 Å². The largest absolute Gasteiger partial charge is 0.489 e. The van der Waals surface area contributed by atoms with E-state index >= 15 is 0 Å². The molecule has 1 amide bonds. The molecule has 1 heterocycles. The average Bonchev–Trinajstić information content (AvgIpc) is 2.61. The minimum absolute atomic E-state index is 0.00195. The van der Waals surface area contributed by atoms with Gasteiger partial charge >= 0.3 is 0 Å². The van der Waals surface area contributed by atoms with Crippen LogP contribution in [0.2, 0.25) is 0 Å². The number of amides is 1. The molecule has 2 aromatic carbocycles. The Labute approximate surface area is 141 Å². The molecule has 0 radical (unpaired) electrons. The van der Waals surface area contributed by atoms with Gasteiger partial charge in [0.05, 0.1) is 6.04 Å². The quantitative estimate of drug-likeness (QED) is 0.883. The van der Waals surface area contributed by atoms with Crippen molar-refractivity contribution in [3.63, 3.8) is 0 Å². The van der Waals surface area contributed by atoms with Crippen molar-refractivity contribution < 1.29 is 13.9 Å². The van der Waals surface area contributed by atoms with Gasteiger partial charge in [0.15, 0.2) is 0 Å². The maximum absolute atomic E-state index is 13.1. The molecule has 24 heavy (non-hydrogen) atoms.